The van der Waals surface area contributed by atoms with Gasteiger partial charge < -0.3 is 4.90 Å². The van der Waals surface area contributed by atoms with Crippen LogP contribution in [0.25, 0.3) is 0 Å². The Balaban J connectivity index is 2.85. The van der Waals surface area contributed by atoms with Crippen molar-refractivity contribution in [1.82, 2.24) is 15.1 Å². The molecule has 0 saturated heterocycles. The summed E-state index contributed by atoms with van der Waals surface area (Å²) in [5.41, 5.74) is 0. The van der Waals surface area contributed by atoms with E-state index in [0.717, 1.165) is 0 Å². The average Bonchev–Trinajstić information content (AvgIpc) is 2.08. The molecule has 0 saturated carbocycles. The van der Waals surface area contributed by atoms with E-state index in [2.05, 4.69) is 10.3 Å². The normalized spacial score (nSPS) is 17.1. The molecule has 0 aromatic carbocycles. The molecule has 0 N–H and O–H groups in total. The SMILES string of the molecule is CN(C)C=NC1=CC(=O)[N]C(=O)N1C. The number of carbonyl (C=O) groups excluding carboxylic acids is 2. The summed E-state index contributed by atoms with van der Waals surface area (Å²) in [5.74, 6) is -0.275. The van der Waals surface area contributed by atoms with Crippen LogP contribution >= 0.6 is 0 Å². The zero-order valence-electron chi connectivity index (χ0n) is 8.26. The van der Waals surface area contributed by atoms with E-state index in [1.807, 2.05) is 0 Å². The molecule has 14 heavy (non-hydrogen) atoms. The van der Waals surface area contributed by atoms with Crippen molar-refractivity contribution < 1.29 is 9.59 Å². The highest BCUT2D eigenvalue weighted by atomic mass is 16.2. The van der Waals surface area contributed by atoms with Gasteiger partial charge in [0.1, 0.15) is 5.82 Å². The number of amides is 3. The molecule has 6 heteroatoms. The molecular formula is C8H11N4O2. The van der Waals surface area contributed by atoms with E-state index in [1.165, 1.54) is 24.4 Å². The van der Waals surface area contributed by atoms with Crippen molar-refractivity contribution >= 4 is 18.3 Å². The van der Waals surface area contributed by atoms with Gasteiger partial charge in [0, 0.05) is 27.2 Å². The Bertz CT molecular complexity index is 319. The largest absolute Gasteiger partial charge is 0.369 e. The number of urea groups is 1. The van der Waals surface area contributed by atoms with E-state index in [1.54, 1.807) is 19.0 Å². The number of imide groups is 1. The molecule has 0 atom stereocenters. The van der Waals surface area contributed by atoms with Crippen LogP contribution in [-0.2, 0) is 4.79 Å². The Kier molecular flexibility index (Phi) is 2.85. The first-order chi connectivity index (χ1) is 6.50. The monoisotopic (exact) mass is 195 g/mol. The van der Waals surface area contributed by atoms with Crippen molar-refractivity contribution in [3.63, 3.8) is 0 Å². The molecular weight excluding hydrogens is 184 g/mol. The number of aliphatic imine (C=N–C) groups is 1. The molecule has 0 aromatic rings. The molecule has 0 aliphatic carbocycles. The molecule has 1 aliphatic rings. The molecule has 75 valence electrons. The predicted molar refractivity (Wildman–Crippen MR) is 50.6 cm³/mol. The molecule has 0 bridgehead atoms. The van der Waals surface area contributed by atoms with E-state index in [9.17, 15) is 9.59 Å². The van der Waals surface area contributed by atoms with Gasteiger partial charge in [-0.05, 0) is 0 Å². The van der Waals surface area contributed by atoms with Gasteiger partial charge in [0.05, 0.1) is 6.34 Å². The lowest BCUT2D eigenvalue weighted by Gasteiger charge is -2.19. The second-order valence-electron chi connectivity index (χ2n) is 3.00. The standard InChI is InChI=1S/C8H11N4O2/c1-11(2)5-9-6-4-7(13)10-8(14)12(6)3/h4-5H,1-3H3. The van der Waals surface area contributed by atoms with Crippen LogP contribution in [0.1, 0.15) is 0 Å². The third-order valence-electron chi connectivity index (χ3n) is 1.51. The van der Waals surface area contributed by atoms with Crippen molar-refractivity contribution in [3.8, 4) is 0 Å². The summed E-state index contributed by atoms with van der Waals surface area (Å²) in [5, 5.41) is 3.23. The van der Waals surface area contributed by atoms with Gasteiger partial charge in [-0.25, -0.2) is 9.79 Å². The Morgan fingerprint density at radius 3 is 2.71 bits per heavy atom. The summed E-state index contributed by atoms with van der Waals surface area (Å²) in [7, 11) is 5.10. The summed E-state index contributed by atoms with van der Waals surface area (Å²) < 4.78 is 0. The zero-order valence-corrected chi connectivity index (χ0v) is 8.26. The Hall–Kier alpha value is -1.85. The topological polar surface area (TPSA) is 67.1 Å². The lowest BCUT2D eigenvalue weighted by Crippen LogP contribution is -2.39. The lowest BCUT2D eigenvalue weighted by atomic mass is 10.4. The maximum atomic E-state index is 11.1. The Morgan fingerprint density at radius 1 is 1.50 bits per heavy atom. The molecule has 1 radical (unpaired) electrons. The van der Waals surface area contributed by atoms with Crippen molar-refractivity contribution in [2.75, 3.05) is 21.1 Å². The third-order valence-corrected chi connectivity index (χ3v) is 1.51. The fourth-order valence-electron chi connectivity index (χ4n) is 0.805. The summed E-state index contributed by atoms with van der Waals surface area (Å²) in [4.78, 5) is 28.8. The Morgan fingerprint density at radius 2 is 2.14 bits per heavy atom. The quantitative estimate of drug-likeness (QED) is 0.445. The summed E-state index contributed by atoms with van der Waals surface area (Å²) in [6.45, 7) is 0. The summed E-state index contributed by atoms with van der Waals surface area (Å²) >= 11 is 0. The average molecular weight is 195 g/mol. The number of hydrogen-bond donors (Lipinski definition) is 0. The van der Waals surface area contributed by atoms with Gasteiger partial charge in [0.15, 0.2) is 0 Å². The number of carbonyl (C=O) groups is 2. The number of hydrogen-bond acceptors (Lipinski definition) is 3. The summed E-state index contributed by atoms with van der Waals surface area (Å²) in [6.07, 6.45) is 2.72. The maximum Gasteiger partial charge on any atom is 0.352 e. The first kappa shape index (κ1) is 10.2. The smallest absolute Gasteiger partial charge is 0.352 e. The van der Waals surface area contributed by atoms with Crippen LogP contribution in [0.15, 0.2) is 16.9 Å². The molecule has 0 aromatic heterocycles. The van der Waals surface area contributed by atoms with E-state index < -0.39 is 11.9 Å². The van der Waals surface area contributed by atoms with Gasteiger partial charge in [0.2, 0.25) is 0 Å². The van der Waals surface area contributed by atoms with Crippen LogP contribution in [-0.4, -0.2) is 49.2 Å². The fourth-order valence-corrected chi connectivity index (χ4v) is 0.805. The Labute approximate surface area is 81.9 Å². The predicted octanol–water partition coefficient (Wildman–Crippen LogP) is -0.386. The van der Waals surface area contributed by atoms with Crippen molar-refractivity contribution in [2.45, 2.75) is 0 Å². The van der Waals surface area contributed by atoms with E-state index >= 15 is 0 Å². The van der Waals surface area contributed by atoms with Crippen LogP contribution in [0.3, 0.4) is 0 Å². The molecule has 0 unspecified atom stereocenters. The number of nitrogens with zero attached hydrogens (tertiary/aromatic N) is 4. The second kappa shape index (κ2) is 3.91. The van der Waals surface area contributed by atoms with Crippen LogP contribution < -0.4 is 5.32 Å². The van der Waals surface area contributed by atoms with Crippen LogP contribution in [0.2, 0.25) is 0 Å². The van der Waals surface area contributed by atoms with Gasteiger partial charge in [-0.3, -0.25) is 9.69 Å². The van der Waals surface area contributed by atoms with Gasteiger partial charge in [-0.2, -0.15) is 5.32 Å². The minimum atomic E-state index is -0.594. The molecule has 0 fully saturated rings. The van der Waals surface area contributed by atoms with E-state index in [-0.39, 0.29) is 0 Å². The molecule has 3 amide bonds. The van der Waals surface area contributed by atoms with Gasteiger partial charge in [-0.15, -0.1) is 0 Å². The molecule has 1 aliphatic heterocycles. The van der Waals surface area contributed by atoms with Crippen molar-refractivity contribution in [1.29, 1.82) is 0 Å². The zero-order chi connectivity index (χ0) is 10.7. The van der Waals surface area contributed by atoms with E-state index in [4.69, 9.17) is 0 Å². The molecule has 0 spiro atoms. The highest BCUT2D eigenvalue weighted by molar-refractivity contribution is 6.03. The highest BCUT2D eigenvalue weighted by Crippen LogP contribution is 2.08. The lowest BCUT2D eigenvalue weighted by molar-refractivity contribution is -0.116. The van der Waals surface area contributed by atoms with Gasteiger partial charge >= 0.3 is 6.03 Å². The first-order valence-electron chi connectivity index (χ1n) is 3.96. The van der Waals surface area contributed by atoms with E-state index in [0.29, 0.717) is 5.82 Å². The van der Waals surface area contributed by atoms with Crippen LogP contribution in [0.5, 0.6) is 0 Å². The molecule has 1 heterocycles. The maximum absolute atomic E-state index is 11.1. The van der Waals surface area contributed by atoms with Crippen molar-refractivity contribution in [2.24, 2.45) is 4.99 Å². The third kappa shape index (κ3) is 2.32. The fraction of sp³-hybridized carbons (Fsp3) is 0.375. The summed E-state index contributed by atoms with van der Waals surface area (Å²) in [6, 6.07) is -0.594. The van der Waals surface area contributed by atoms with Gasteiger partial charge in [0.25, 0.3) is 5.91 Å². The van der Waals surface area contributed by atoms with Crippen molar-refractivity contribution in [3.05, 3.63) is 11.9 Å². The minimum absolute atomic E-state index is 0.295. The van der Waals surface area contributed by atoms with Crippen LogP contribution in [0, 0.1) is 0 Å². The first-order valence-corrected chi connectivity index (χ1v) is 3.96. The van der Waals surface area contributed by atoms with Crippen LogP contribution in [0.4, 0.5) is 4.79 Å². The minimum Gasteiger partial charge on any atom is -0.369 e. The highest BCUT2D eigenvalue weighted by Gasteiger charge is 2.23. The number of rotatable bonds is 2. The second-order valence-corrected chi connectivity index (χ2v) is 3.00. The molecule has 6 nitrogen and oxygen atoms in total. The van der Waals surface area contributed by atoms with Gasteiger partial charge in [-0.1, -0.05) is 0 Å². The molecule has 1 rings (SSSR count).